The molecule has 30 heavy (non-hydrogen) atoms. The van der Waals surface area contributed by atoms with Crippen LogP contribution in [0.5, 0.6) is 0 Å². The fourth-order valence-electron chi connectivity index (χ4n) is 2.59. The maximum absolute atomic E-state index is 12.8. The van der Waals surface area contributed by atoms with E-state index < -0.39 is 27.7 Å². The molecule has 0 aromatic heterocycles. The predicted molar refractivity (Wildman–Crippen MR) is 101 cm³/mol. The van der Waals surface area contributed by atoms with Crippen molar-refractivity contribution in [1.29, 1.82) is 0 Å². The number of piperazine rings is 1. The molecule has 0 bridgehead atoms. The van der Waals surface area contributed by atoms with Crippen LogP contribution in [0.25, 0.3) is 0 Å². The van der Waals surface area contributed by atoms with Crippen LogP contribution in [0, 0.1) is 0 Å². The fourth-order valence-corrected chi connectivity index (χ4v) is 4.33. The van der Waals surface area contributed by atoms with Crippen LogP contribution in [-0.4, -0.2) is 79.0 Å². The number of nitrogens with one attached hydrogen (secondary N) is 1. The lowest BCUT2D eigenvalue weighted by atomic mass is 10.1. The number of carbonyl (C=O) groups excluding carboxylic acids is 2. The van der Waals surface area contributed by atoms with E-state index in [-0.39, 0.29) is 61.2 Å². The molecule has 1 aromatic carbocycles. The minimum Gasteiger partial charge on any atom is -0.373 e. The minimum absolute atomic E-state index is 0.0264. The molecule has 0 saturated carbocycles. The summed E-state index contributed by atoms with van der Waals surface area (Å²) in [5.74, 6) is -2.07. The van der Waals surface area contributed by atoms with Gasteiger partial charge in [-0.25, -0.2) is 8.42 Å². The Bertz CT molecular complexity index is 931. The molecule has 1 saturated heterocycles. The van der Waals surface area contributed by atoms with Crippen molar-refractivity contribution in [3.8, 4) is 0 Å². The standard InChI is InChI=1S/C16H20ClF3N4O5S/c1-15(27,16(18,19)20)14(26)22-12-3-2-10(8-11(12)17)30(28,29)24-6-4-23(5-7-24)13(25)9-21/h2-3,8,27H,4-7,9,21H2,1H3,(H,22,26). The van der Waals surface area contributed by atoms with Crippen molar-refractivity contribution in [2.75, 3.05) is 38.0 Å². The van der Waals surface area contributed by atoms with Crippen LogP contribution >= 0.6 is 11.6 Å². The van der Waals surface area contributed by atoms with Gasteiger partial charge in [-0.2, -0.15) is 17.5 Å². The van der Waals surface area contributed by atoms with Gasteiger partial charge in [-0.1, -0.05) is 11.6 Å². The second-order valence-electron chi connectivity index (χ2n) is 6.65. The van der Waals surface area contributed by atoms with E-state index in [2.05, 4.69) is 0 Å². The summed E-state index contributed by atoms with van der Waals surface area (Å²) in [6.45, 7) is 0.464. The highest BCUT2D eigenvalue weighted by molar-refractivity contribution is 7.89. The van der Waals surface area contributed by atoms with E-state index in [1.165, 1.54) is 4.90 Å². The maximum atomic E-state index is 12.8. The van der Waals surface area contributed by atoms with Crippen LogP contribution in [0.4, 0.5) is 18.9 Å². The highest BCUT2D eigenvalue weighted by Crippen LogP contribution is 2.33. The molecule has 1 unspecified atom stereocenters. The van der Waals surface area contributed by atoms with Crippen molar-refractivity contribution in [3.63, 3.8) is 0 Å². The normalized spacial score (nSPS) is 18.0. The fraction of sp³-hybridized carbons (Fsp3) is 0.500. The lowest BCUT2D eigenvalue weighted by molar-refractivity contribution is -0.242. The number of nitrogens with zero attached hydrogens (tertiary/aromatic N) is 2. The van der Waals surface area contributed by atoms with E-state index >= 15 is 0 Å². The molecule has 1 aliphatic rings. The van der Waals surface area contributed by atoms with Gasteiger partial charge in [-0.3, -0.25) is 9.59 Å². The summed E-state index contributed by atoms with van der Waals surface area (Å²) in [5, 5.41) is 10.9. The number of hydrogen-bond donors (Lipinski definition) is 3. The quantitative estimate of drug-likeness (QED) is 0.567. The second-order valence-corrected chi connectivity index (χ2v) is 9.00. The van der Waals surface area contributed by atoms with Gasteiger partial charge in [0.05, 0.1) is 22.2 Å². The Hall–Kier alpha value is -1.93. The van der Waals surface area contributed by atoms with E-state index in [1.54, 1.807) is 0 Å². The third-order valence-corrected chi connectivity index (χ3v) is 6.79. The van der Waals surface area contributed by atoms with Gasteiger partial charge in [-0.05, 0) is 25.1 Å². The van der Waals surface area contributed by atoms with Gasteiger partial charge >= 0.3 is 6.18 Å². The van der Waals surface area contributed by atoms with Crippen molar-refractivity contribution >= 4 is 39.1 Å². The second kappa shape index (κ2) is 8.67. The Morgan fingerprint density at radius 2 is 1.80 bits per heavy atom. The Morgan fingerprint density at radius 3 is 2.27 bits per heavy atom. The van der Waals surface area contributed by atoms with Gasteiger partial charge in [0.2, 0.25) is 21.5 Å². The molecule has 0 spiro atoms. The molecular formula is C16H20ClF3N4O5S. The zero-order valence-corrected chi connectivity index (χ0v) is 17.3. The molecule has 2 amide bonds. The first-order chi connectivity index (χ1) is 13.7. The minimum atomic E-state index is -5.22. The van der Waals surface area contributed by atoms with E-state index in [9.17, 15) is 36.3 Å². The highest BCUT2D eigenvalue weighted by Gasteiger charge is 2.55. The molecule has 1 aliphatic heterocycles. The summed E-state index contributed by atoms with van der Waals surface area (Å²) in [6.07, 6.45) is -5.22. The number of nitrogens with two attached hydrogens (primary N) is 1. The number of carbonyl (C=O) groups is 2. The van der Waals surface area contributed by atoms with Crippen LogP contribution in [0.1, 0.15) is 6.92 Å². The summed E-state index contributed by atoms with van der Waals surface area (Å²) in [7, 11) is -4.00. The van der Waals surface area contributed by atoms with Crippen LogP contribution in [0.2, 0.25) is 5.02 Å². The van der Waals surface area contributed by atoms with Gasteiger partial charge in [-0.15, -0.1) is 0 Å². The summed E-state index contributed by atoms with van der Waals surface area (Å²) >= 11 is 5.94. The summed E-state index contributed by atoms with van der Waals surface area (Å²) < 4.78 is 64.9. The number of aliphatic hydroxyl groups is 1. The number of anilines is 1. The van der Waals surface area contributed by atoms with Gasteiger partial charge in [0.25, 0.3) is 5.91 Å². The van der Waals surface area contributed by atoms with Crippen LogP contribution in [0.3, 0.4) is 0 Å². The molecule has 2 rings (SSSR count). The van der Waals surface area contributed by atoms with E-state index in [0.29, 0.717) is 0 Å². The van der Waals surface area contributed by atoms with Crippen molar-refractivity contribution in [1.82, 2.24) is 9.21 Å². The number of amides is 2. The first kappa shape index (κ1) is 24.3. The molecule has 1 aromatic rings. The van der Waals surface area contributed by atoms with Crippen molar-refractivity contribution < 1.29 is 36.3 Å². The molecule has 9 nitrogen and oxygen atoms in total. The van der Waals surface area contributed by atoms with Gasteiger partial charge < -0.3 is 21.1 Å². The molecule has 168 valence electrons. The first-order valence-electron chi connectivity index (χ1n) is 8.60. The number of alkyl halides is 3. The Labute approximate surface area is 175 Å². The number of sulfonamides is 1. The van der Waals surface area contributed by atoms with Crippen LogP contribution in [-0.2, 0) is 19.6 Å². The van der Waals surface area contributed by atoms with Gasteiger partial charge in [0.15, 0.2) is 0 Å². The van der Waals surface area contributed by atoms with Crippen LogP contribution in [0.15, 0.2) is 23.1 Å². The average Bonchev–Trinajstić information content (AvgIpc) is 2.67. The lowest BCUT2D eigenvalue weighted by Gasteiger charge is -2.33. The number of benzene rings is 1. The predicted octanol–water partition coefficient (Wildman–Crippen LogP) is 0.383. The van der Waals surface area contributed by atoms with E-state index in [1.807, 2.05) is 5.32 Å². The maximum Gasteiger partial charge on any atom is 0.426 e. The van der Waals surface area contributed by atoms with E-state index in [4.69, 9.17) is 17.3 Å². The number of rotatable bonds is 5. The zero-order chi connectivity index (χ0) is 22.9. The van der Waals surface area contributed by atoms with Gasteiger partial charge in [0.1, 0.15) is 0 Å². The molecular weight excluding hydrogens is 453 g/mol. The summed E-state index contributed by atoms with van der Waals surface area (Å²) in [5.41, 5.74) is 1.32. The number of halogens is 4. The molecule has 1 fully saturated rings. The monoisotopic (exact) mass is 472 g/mol. The Balaban J connectivity index is 2.17. The summed E-state index contributed by atoms with van der Waals surface area (Å²) in [4.78, 5) is 24.5. The summed E-state index contributed by atoms with van der Waals surface area (Å²) in [6, 6.07) is 3.07. The van der Waals surface area contributed by atoms with Crippen molar-refractivity contribution in [3.05, 3.63) is 23.2 Å². The molecule has 0 aliphatic carbocycles. The molecule has 0 radical (unpaired) electrons. The molecule has 14 heteroatoms. The van der Waals surface area contributed by atoms with E-state index in [0.717, 1.165) is 22.5 Å². The van der Waals surface area contributed by atoms with Crippen LogP contribution < -0.4 is 11.1 Å². The largest absolute Gasteiger partial charge is 0.426 e. The zero-order valence-electron chi connectivity index (χ0n) is 15.7. The topological polar surface area (TPSA) is 133 Å². The molecule has 4 N–H and O–H groups in total. The van der Waals surface area contributed by atoms with Crippen molar-refractivity contribution in [2.45, 2.75) is 23.6 Å². The average molecular weight is 473 g/mol. The highest BCUT2D eigenvalue weighted by atomic mass is 35.5. The number of hydrogen-bond acceptors (Lipinski definition) is 6. The Morgan fingerprint density at radius 1 is 1.23 bits per heavy atom. The SMILES string of the molecule is CC(O)(C(=O)Nc1ccc(S(=O)(=O)N2CCN(C(=O)CN)CC2)cc1Cl)C(F)(F)F. The first-order valence-corrected chi connectivity index (χ1v) is 10.4. The smallest absolute Gasteiger partial charge is 0.373 e. The molecule has 1 atom stereocenters. The van der Waals surface area contributed by atoms with Crippen molar-refractivity contribution in [2.24, 2.45) is 5.73 Å². The molecule has 1 heterocycles. The third-order valence-electron chi connectivity index (χ3n) is 4.59. The third kappa shape index (κ3) is 4.86. The lowest BCUT2D eigenvalue weighted by Crippen LogP contribution is -2.52. The Kier molecular flexibility index (Phi) is 7.03. The van der Waals surface area contributed by atoms with Gasteiger partial charge in [0, 0.05) is 26.2 Å².